The van der Waals surface area contributed by atoms with Crippen LogP contribution < -0.4 is 15.4 Å². The zero-order chi connectivity index (χ0) is 37.9. The number of benzene rings is 3. The Kier molecular flexibility index (Phi) is 10.8. The zero-order valence-corrected chi connectivity index (χ0v) is 29.2. The second kappa shape index (κ2) is 15.3. The number of ether oxygens (including phenoxy) is 2. The smallest absolute Gasteiger partial charge is 0.496 e. The van der Waals surface area contributed by atoms with Gasteiger partial charge in [-0.2, -0.15) is 13.2 Å². The quantitative estimate of drug-likeness (QED) is 0.121. The van der Waals surface area contributed by atoms with Gasteiger partial charge in [-0.1, -0.05) is 42.5 Å². The van der Waals surface area contributed by atoms with Crippen LogP contribution in [-0.4, -0.2) is 49.8 Å². The third-order valence-corrected chi connectivity index (χ3v) is 11.2. The summed E-state index contributed by atoms with van der Waals surface area (Å²) < 4.78 is 89.3. The Hall–Kier alpha value is -5.31. The Morgan fingerprint density at radius 2 is 1.70 bits per heavy atom. The summed E-state index contributed by atoms with van der Waals surface area (Å²) in [5, 5.41) is 5.46. The van der Waals surface area contributed by atoms with Gasteiger partial charge in [0.25, 0.3) is 15.7 Å². The second-order valence-corrected chi connectivity index (χ2v) is 15.0. The molecule has 1 aromatic heterocycles. The third-order valence-electron chi connectivity index (χ3n) is 9.73. The van der Waals surface area contributed by atoms with Crippen LogP contribution in [0.15, 0.2) is 90.0 Å². The standard InChI is InChI=1S/C38H35F4N3O7S/c1-51-32-19-31(39)29(25-12-13-26(43-20-25)14-15-33(46)52-21-22-6-3-2-4-7-22)18-30(32)36(47)45-35-24-11-10-23(16-24)34(35)37(48)44-27-8-5-9-28(17-27)53(49,50)38(40,41)42/h2-9,12-13,17-20,23-24,34-35H,10-11,14-16,21H2,1H3,(H,44,48)(H,45,47)/t23-,24+,34+,35-/m1/s1. The van der Waals surface area contributed by atoms with E-state index in [4.69, 9.17) is 9.47 Å². The van der Waals surface area contributed by atoms with Crippen molar-refractivity contribution in [2.75, 3.05) is 12.4 Å². The van der Waals surface area contributed by atoms with Crippen LogP contribution in [0.3, 0.4) is 0 Å². The van der Waals surface area contributed by atoms with Gasteiger partial charge in [-0.3, -0.25) is 19.4 Å². The summed E-state index contributed by atoms with van der Waals surface area (Å²) in [7, 11) is -4.35. The van der Waals surface area contributed by atoms with Crippen LogP contribution in [0.2, 0.25) is 0 Å². The van der Waals surface area contributed by atoms with E-state index in [-0.39, 0.29) is 47.4 Å². The number of nitrogens with zero attached hydrogens (tertiary/aromatic N) is 1. The highest BCUT2D eigenvalue weighted by Crippen LogP contribution is 2.49. The molecule has 0 unspecified atom stereocenters. The molecule has 2 fully saturated rings. The molecule has 2 amide bonds. The molecule has 2 aliphatic carbocycles. The number of carbonyl (C=O) groups is 3. The van der Waals surface area contributed by atoms with Gasteiger partial charge in [0.1, 0.15) is 18.2 Å². The van der Waals surface area contributed by atoms with E-state index in [1.807, 2.05) is 30.3 Å². The van der Waals surface area contributed by atoms with Crippen molar-refractivity contribution in [2.24, 2.45) is 17.8 Å². The molecule has 278 valence electrons. The number of pyridine rings is 1. The number of alkyl halides is 3. The molecule has 2 N–H and O–H groups in total. The molecule has 0 spiro atoms. The summed E-state index contributed by atoms with van der Waals surface area (Å²) in [4.78, 5) is 43.0. The number of carbonyl (C=O) groups excluding carboxylic acids is 3. The molecular formula is C38H35F4N3O7S. The number of anilines is 1. The van der Waals surface area contributed by atoms with Gasteiger partial charge in [-0.05, 0) is 67.0 Å². The largest absolute Gasteiger partial charge is 0.501 e. The SMILES string of the molecule is COc1cc(F)c(-c2ccc(CCC(=O)OCc3ccccc3)nc2)cc1C(=O)N[C@@H]1[C@H]2CC[C@H](C2)[C@@H]1C(=O)Nc1cccc(S(=O)(=O)C(F)(F)F)c1. The number of fused-ring (bicyclic) bond motifs is 2. The van der Waals surface area contributed by atoms with Crippen LogP contribution in [-0.2, 0) is 37.2 Å². The number of rotatable bonds is 12. The first kappa shape index (κ1) is 37.4. The van der Waals surface area contributed by atoms with E-state index in [9.17, 15) is 36.0 Å². The summed E-state index contributed by atoms with van der Waals surface area (Å²) in [6, 6.07) is 18.2. The Labute approximate surface area is 302 Å². The highest BCUT2D eigenvalue weighted by atomic mass is 32.2. The van der Waals surface area contributed by atoms with E-state index >= 15 is 4.39 Å². The number of amides is 2. The fraction of sp³-hybridized carbons (Fsp3) is 0.316. The number of hydrogen-bond donors (Lipinski definition) is 2. The molecule has 0 radical (unpaired) electrons. The summed E-state index contributed by atoms with van der Waals surface area (Å²) in [6.45, 7) is 0.158. The molecule has 3 aromatic carbocycles. The fourth-order valence-electron chi connectivity index (χ4n) is 7.10. The Morgan fingerprint density at radius 3 is 2.40 bits per heavy atom. The van der Waals surface area contributed by atoms with Crippen molar-refractivity contribution in [2.45, 2.75) is 55.2 Å². The number of halogens is 4. The maximum Gasteiger partial charge on any atom is 0.501 e. The van der Waals surface area contributed by atoms with Gasteiger partial charge in [0.2, 0.25) is 5.91 Å². The lowest BCUT2D eigenvalue weighted by atomic mass is 9.83. The summed E-state index contributed by atoms with van der Waals surface area (Å²) in [6.07, 6.45) is 3.87. The molecule has 2 aliphatic rings. The lowest BCUT2D eigenvalue weighted by Gasteiger charge is -2.31. The molecule has 15 heteroatoms. The summed E-state index contributed by atoms with van der Waals surface area (Å²) >= 11 is 0. The second-order valence-electron chi connectivity index (χ2n) is 13.0. The number of aryl methyl sites for hydroxylation is 1. The van der Waals surface area contributed by atoms with Crippen LogP contribution in [0.4, 0.5) is 23.2 Å². The number of hydrogen-bond acceptors (Lipinski definition) is 8. The highest BCUT2D eigenvalue weighted by Gasteiger charge is 2.52. The Bertz CT molecular complexity index is 2110. The average molecular weight is 754 g/mol. The lowest BCUT2D eigenvalue weighted by Crippen LogP contribution is -2.48. The van der Waals surface area contributed by atoms with Gasteiger partial charge in [0, 0.05) is 47.2 Å². The summed E-state index contributed by atoms with van der Waals surface area (Å²) in [5.41, 5.74) is -3.79. The average Bonchev–Trinajstić information content (AvgIpc) is 3.75. The topological polar surface area (TPSA) is 141 Å². The first-order valence-corrected chi connectivity index (χ1v) is 18.3. The molecule has 1 heterocycles. The fourth-order valence-corrected chi connectivity index (χ4v) is 7.91. The van der Waals surface area contributed by atoms with Gasteiger partial charge in [-0.15, -0.1) is 0 Å². The number of methoxy groups -OCH3 is 1. The maximum atomic E-state index is 15.4. The predicted octanol–water partition coefficient (Wildman–Crippen LogP) is 6.65. The van der Waals surface area contributed by atoms with Crippen molar-refractivity contribution in [1.29, 1.82) is 0 Å². The minimum absolute atomic E-state index is 0.00104. The van der Waals surface area contributed by atoms with E-state index in [2.05, 4.69) is 15.6 Å². The normalized spacial score (nSPS) is 19.4. The third kappa shape index (κ3) is 8.19. The Morgan fingerprint density at radius 1 is 0.943 bits per heavy atom. The number of esters is 1. The zero-order valence-electron chi connectivity index (χ0n) is 28.4. The minimum Gasteiger partial charge on any atom is -0.496 e. The molecule has 0 aliphatic heterocycles. The van der Waals surface area contributed by atoms with Crippen molar-refractivity contribution < 1.29 is 49.8 Å². The molecule has 2 saturated carbocycles. The van der Waals surface area contributed by atoms with Crippen LogP contribution in [0.5, 0.6) is 5.75 Å². The van der Waals surface area contributed by atoms with Crippen molar-refractivity contribution in [1.82, 2.24) is 10.3 Å². The van der Waals surface area contributed by atoms with E-state index in [1.165, 1.54) is 25.4 Å². The Balaban J connectivity index is 1.14. The molecule has 0 saturated heterocycles. The molecule has 2 bridgehead atoms. The van der Waals surface area contributed by atoms with Gasteiger partial charge in [0.05, 0.1) is 29.9 Å². The molecule has 53 heavy (non-hydrogen) atoms. The molecule has 4 atom stereocenters. The van der Waals surface area contributed by atoms with Crippen molar-refractivity contribution in [3.8, 4) is 16.9 Å². The summed E-state index contributed by atoms with van der Waals surface area (Å²) in [5.74, 6) is -3.29. The van der Waals surface area contributed by atoms with E-state index in [0.717, 1.165) is 36.2 Å². The molecule has 4 aromatic rings. The van der Waals surface area contributed by atoms with Gasteiger partial charge < -0.3 is 20.1 Å². The predicted molar refractivity (Wildman–Crippen MR) is 185 cm³/mol. The van der Waals surface area contributed by atoms with Crippen LogP contribution in [0.1, 0.15) is 47.3 Å². The monoisotopic (exact) mass is 753 g/mol. The van der Waals surface area contributed by atoms with Gasteiger partial charge in [0.15, 0.2) is 0 Å². The maximum absolute atomic E-state index is 15.4. The molecule has 10 nitrogen and oxygen atoms in total. The highest BCUT2D eigenvalue weighted by molar-refractivity contribution is 7.92. The van der Waals surface area contributed by atoms with Gasteiger partial charge >= 0.3 is 11.5 Å². The first-order chi connectivity index (χ1) is 25.2. The molecule has 6 rings (SSSR count). The van der Waals surface area contributed by atoms with Crippen molar-refractivity contribution >= 4 is 33.3 Å². The first-order valence-electron chi connectivity index (χ1n) is 16.8. The van der Waals surface area contributed by atoms with Crippen LogP contribution in [0.25, 0.3) is 11.1 Å². The number of sulfone groups is 1. The lowest BCUT2D eigenvalue weighted by molar-refractivity contribution is -0.144. The van der Waals surface area contributed by atoms with E-state index in [0.29, 0.717) is 30.5 Å². The van der Waals surface area contributed by atoms with Gasteiger partial charge in [-0.25, -0.2) is 12.8 Å². The number of aromatic nitrogens is 1. The van der Waals surface area contributed by atoms with E-state index < -0.39 is 55.8 Å². The van der Waals surface area contributed by atoms with Crippen molar-refractivity contribution in [3.05, 3.63) is 108 Å². The van der Waals surface area contributed by atoms with Crippen LogP contribution in [0, 0.1) is 23.6 Å². The van der Waals surface area contributed by atoms with E-state index in [1.54, 1.807) is 12.1 Å². The minimum atomic E-state index is -5.64. The van der Waals surface area contributed by atoms with Crippen LogP contribution >= 0.6 is 0 Å². The number of nitrogens with one attached hydrogen (secondary N) is 2. The molecular weight excluding hydrogens is 718 g/mol. The van der Waals surface area contributed by atoms with Crippen molar-refractivity contribution in [3.63, 3.8) is 0 Å².